The van der Waals surface area contributed by atoms with Crippen LogP contribution < -0.4 is 10.5 Å². The molecule has 0 radical (unpaired) electrons. The Morgan fingerprint density at radius 3 is 2.58 bits per heavy atom. The minimum absolute atomic E-state index is 0.0775. The molecular formula is C24H20F3N3O3. The molecular weight excluding hydrogens is 435 g/mol. The molecule has 0 spiro atoms. The predicted octanol–water partition coefficient (Wildman–Crippen LogP) is 4.77. The summed E-state index contributed by atoms with van der Waals surface area (Å²) in [5.41, 5.74) is 9.51. The molecule has 0 aliphatic heterocycles. The number of pyridine rings is 1. The molecule has 2 heterocycles. The van der Waals surface area contributed by atoms with Gasteiger partial charge < -0.3 is 13.9 Å². The van der Waals surface area contributed by atoms with Gasteiger partial charge in [0.1, 0.15) is 17.2 Å². The van der Waals surface area contributed by atoms with Crippen LogP contribution >= 0.6 is 0 Å². The van der Waals surface area contributed by atoms with Crippen LogP contribution in [0.2, 0.25) is 0 Å². The number of para-hydroxylation sites is 1. The van der Waals surface area contributed by atoms with Gasteiger partial charge in [0.05, 0.1) is 5.69 Å². The Labute approximate surface area is 187 Å². The molecule has 9 heteroatoms. The van der Waals surface area contributed by atoms with Crippen LogP contribution in [0, 0.1) is 12.7 Å². The summed E-state index contributed by atoms with van der Waals surface area (Å²) >= 11 is 0. The number of nitrogens with zero attached hydrogens (tertiary/aromatic N) is 2. The number of hydrogen-bond donors (Lipinski definition) is 1. The van der Waals surface area contributed by atoms with Crippen molar-refractivity contribution in [2.75, 3.05) is 0 Å². The molecule has 4 rings (SSSR count). The van der Waals surface area contributed by atoms with Crippen LogP contribution in [0.15, 0.2) is 60.8 Å². The summed E-state index contributed by atoms with van der Waals surface area (Å²) < 4.78 is 51.6. The van der Waals surface area contributed by atoms with Gasteiger partial charge in [0.15, 0.2) is 6.23 Å². The molecule has 170 valence electrons. The topological polar surface area (TPSA) is 78.9 Å². The number of aromatic nitrogens is 2. The smallest absolute Gasteiger partial charge is 0.387 e. The average Bonchev–Trinajstić information content (AvgIpc) is 3.08. The van der Waals surface area contributed by atoms with Crippen molar-refractivity contribution in [3.8, 4) is 16.9 Å². The van der Waals surface area contributed by atoms with Gasteiger partial charge in [-0.05, 0) is 18.6 Å². The molecule has 4 aromatic rings. The molecule has 0 fully saturated rings. The standard InChI is InChI=1S/C24H20F3N3O3/c1-14-20(10-17-4-2-3-5-21(17)33-24(26)27)30-12-18(19(25)11-22(30)29-14)15-6-8-16(9-7-15)23(28)32-13-31/h2-9,11-13,23-24H,10,28H2,1H3. The molecule has 2 N–H and O–H groups in total. The predicted molar refractivity (Wildman–Crippen MR) is 115 cm³/mol. The highest BCUT2D eigenvalue weighted by Crippen LogP contribution is 2.29. The number of carbonyl (C=O) groups is 1. The average molecular weight is 455 g/mol. The van der Waals surface area contributed by atoms with Gasteiger partial charge in [-0.2, -0.15) is 8.78 Å². The highest BCUT2D eigenvalue weighted by Gasteiger charge is 2.17. The highest BCUT2D eigenvalue weighted by molar-refractivity contribution is 5.66. The lowest BCUT2D eigenvalue weighted by atomic mass is 10.0. The summed E-state index contributed by atoms with van der Waals surface area (Å²) in [6.45, 7) is -0.901. The van der Waals surface area contributed by atoms with Crippen molar-refractivity contribution in [3.63, 3.8) is 0 Å². The van der Waals surface area contributed by atoms with Crippen LogP contribution in [0.5, 0.6) is 5.75 Å². The number of hydrogen-bond acceptors (Lipinski definition) is 5. The number of carbonyl (C=O) groups excluding carboxylic acids is 1. The summed E-state index contributed by atoms with van der Waals surface area (Å²) in [5.74, 6) is -0.393. The number of imidazole rings is 1. The molecule has 0 bridgehead atoms. The van der Waals surface area contributed by atoms with Crippen LogP contribution in [0.25, 0.3) is 16.8 Å². The van der Waals surface area contributed by atoms with E-state index in [0.717, 1.165) is 5.69 Å². The number of halogens is 3. The molecule has 1 atom stereocenters. The minimum Gasteiger partial charge on any atom is -0.445 e. The Hall–Kier alpha value is -3.85. The lowest BCUT2D eigenvalue weighted by Gasteiger charge is -2.12. The molecule has 0 saturated carbocycles. The summed E-state index contributed by atoms with van der Waals surface area (Å²) in [7, 11) is 0. The maximum atomic E-state index is 14.9. The highest BCUT2D eigenvalue weighted by atomic mass is 19.3. The largest absolute Gasteiger partial charge is 0.445 e. The first-order valence-electron chi connectivity index (χ1n) is 10.0. The van der Waals surface area contributed by atoms with Crippen molar-refractivity contribution in [2.45, 2.75) is 26.2 Å². The van der Waals surface area contributed by atoms with Crippen molar-refractivity contribution in [1.29, 1.82) is 0 Å². The van der Waals surface area contributed by atoms with Crippen LogP contribution in [-0.4, -0.2) is 22.5 Å². The van der Waals surface area contributed by atoms with Gasteiger partial charge in [-0.3, -0.25) is 10.5 Å². The monoisotopic (exact) mass is 455 g/mol. The Bertz CT molecular complexity index is 1290. The van der Waals surface area contributed by atoms with Crippen molar-refractivity contribution in [2.24, 2.45) is 5.73 Å². The van der Waals surface area contributed by atoms with Crippen LogP contribution in [0.3, 0.4) is 0 Å². The molecule has 0 aliphatic rings. The second-order valence-electron chi connectivity index (χ2n) is 7.35. The van der Waals surface area contributed by atoms with Crippen LogP contribution in [0.1, 0.15) is 28.7 Å². The van der Waals surface area contributed by atoms with Gasteiger partial charge in [-0.25, -0.2) is 9.37 Å². The first-order chi connectivity index (χ1) is 15.9. The molecule has 6 nitrogen and oxygen atoms in total. The van der Waals surface area contributed by atoms with Gasteiger partial charge in [0.2, 0.25) is 0 Å². The zero-order chi connectivity index (χ0) is 23.5. The van der Waals surface area contributed by atoms with Gasteiger partial charge in [-0.15, -0.1) is 0 Å². The summed E-state index contributed by atoms with van der Waals surface area (Å²) in [6.07, 6.45) is 0.966. The maximum Gasteiger partial charge on any atom is 0.387 e. The van der Waals surface area contributed by atoms with E-state index in [-0.39, 0.29) is 18.6 Å². The third kappa shape index (κ3) is 4.68. The summed E-state index contributed by atoms with van der Waals surface area (Å²) in [4.78, 5) is 14.9. The van der Waals surface area contributed by atoms with E-state index in [1.54, 1.807) is 60.0 Å². The lowest BCUT2D eigenvalue weighted by Crippen LogP contribution is -2.13. The third-order valence-corrected chi connectivity index (χ3v) is 5.31. The van der Waals surface area contributed by atoms with E-state index < -0.39 is 18.7 Å². The molecule has 1 unspecified atom stereocenters. The van der Waals surface area contributed by atoms with E-state index in [4.69, 9.17) is 10.5 Å². The van der Waals surface area contributed by atoms with E-state index in [9.17, 15) is 18.0 Å². The Morgan fingerprint density at radius 2 is 1.88 bits per heavy atom. The number of nitrogens with two attached hydrogens (primary N) is 1. The number of benzene rings is 2. The van der Waals surface area contributed by atoms with E-state index in [2.05, 4.69) is 9.72 Å². The van der Waals surface area contributed by atoms with Crippen molar-refractivity contribution in [3.05, 3.63) is 89.1 Å². The molecule has 33 heavy (non-hydrogen) atoms. The lowest BCUT2D eigenvalue weighted by molar-refractivity contribution is -0.133. The Balaban J connectivity index is 1.73. The molecule has 0 amide bonds. The first kappa shape index (κ1) is 22.3. The molecule has 0 aliphatic carbocycles. The SMILES string of the molecule is Cc1nc2cc(F)c(-c3ccc(C(N)OC=O)cc3)cn2c1Cc1ccccc1OC(F)F. The number of fused-ring (bicyclic) bond motifs is 1. The Morgan fingerprint density at radius 1 is 1.15 bits per heavy atom. The zero-order valence-corrected chi connectivity index (χ0v) is 17.5. The van der Waals surface area contributed by atoms with Crippen LogP contribution in [0.4, 0.5) is 13.2 Å². The van der Waals surface area contributed by atoms with Gasteiger partial charge in [0, 0.05) is 41.1 Å². The second-order valence-corrected chi connectivity index (χ2v) is 7.35. The van der Waals surface area contributed by atoms with E-state index in [1.807, 2.05) is 0 Å². The fraction of sp³-hybridized carbons (Fsp3) is 0.167. The van der Waals surface area contributed by atoms with Gasteiger partial charge >= 0.3 is 6.61 Å². The quantitative estimate of drug-likeness (QED) is 0.306. The zero-order valence-electron chi connectivity index (χ0n) is 17.5. The number of ether oxygens (including phenoxy) is 2. The number of rotatable bonds is 8. The molecule has 2 aromatic heterocycles. The van der Waals surface area contributed by atoms with Gasteiger partial charge in [0.25, 0.3) is 6.47 Å². The van der Waals surface area contributed by atoms with Crippen molar-refractivity contribution in [1.82, 2.24) is 9.38 Å². The third-order valence-electron chi connectivity index (χ3n) is 5.31. The number of alkyl halides is 2. The fourth-order valence-electron chi connectivity index (χ4n) is 3.69. The van der Waals surface area contributed by atoms with E-state index in [1.165, 1.54) is 12.1 Å². The molecule has 2 aromatic carbocycles. The van der Waals surface area contributed by atoms with Crippen molar-refractivity contribution < 1.29 is 27.4 Å². The minimum atomic E-state index is -2.94. The van der Waals surface area contributed by atoms with Gasteiger partial charge in [-0.1, -0.05) is 42.5 Å². The second kappa shape index (κ2) is 9.33. The van der Waals surface area contributed by atoms with Crippen molar-refractivity contribution >= 4 is 12.1 Å². The summed E-state index contributed by atoms with van der Waals surface area (Å²) in [5, 5.41) is 0. The number of aryl methyl sites for hydroxylation is 1. The normalized spacial score (nSPS) is 12.2. The fourth-order valence-corrected chi connectivity index (χ4v) is 3.69. The molecule has 0 saturated heterocycles. The summed E-state index contributed by atoms with van der Waals surface area (Å²) in [6, 6.07) is 14.5. The van der Waals surface area contributed by atoms with E-state index in [0.29, 0.717) is 33.6 Å². The Kier molecular flexibility index (Phi) is 6.32. The van der Waals surface area contributed by atoms with E-state index >= 15 is 0 Å². The van der Waals surface area contributed by atoms with Crippen LogP contribution in [-0.2, 0) is 16.0 Å². The first-order valence-corrected chi connectivity index (χ1v) is 10.0. The maximum absolute atomic E-state index is 14.9.